The van der Waals surface area contributed by atoms with Gasteiger partial charge in [-0.25, -0.2) is 0 Å². The van der Waals surface area contributed by atoms with E-state index in [0.29, 0.717) is 0 Å². The lowest BCUT2D eigenvalue weighted by Crippen LogP contribution is -1.97. The van der Waals surface area contributed by atoms with Crippen LogP contribution in [0, 0.1) is 0 Å². The molecule has 0 amide bonds. The maximum Gasteiger partial charge on any atom is 0.133 e. The van der Waals surface area contributed by atoms with Crippen LogP contribution >= 0.6 is 54.8 Å². The zero-order chi connectivity index (χ0) is 13.8. The van der Waals surface area contributed by atoms with Gasteiger partial charge in [-0.3, -0.25) is 0 Å². The van der Waals surface area contributed by atoms with Crippen molar-refractivity contribution < 1.29 is 4.74 Å². The summed E-state index contributed by atoms with van der Waals surface area (Å²) in [4.78, 5) is 1.23. The molecule has 5 heteroatoms. The van der Waals surface area contributed by atoms with Crippen LogP contribution in [0.25, 0.3) is 0 Å². The van der Waals surface area contributed by atoms with E-state index in [1.165, 1.54) is 0 Å². The summed E-state index contributed by atoms with van der Waals surface area (Å²) in [5, 5.41) is 2.80. The molecule has 0 radical (unpaired) electrons. The Morgan fingerprint density at radius 3 is 2.74 bits per heavy atom. The highest BCUT2D eigenvalue weighted by atomic mass is 79.9. The number of thiophene rings is 1. The standard InChI is InChI=1S/C14H13Br2ClOS/c1-2-6-18-12-4-3-9(8-10(12)15)13(16)14-11(17)5-7-19-14/h3-5,7-8,13H,2,6H2,1H3. The zero-order valence-electron chi connectivity index (χ0n) is 10.3. The van der Waals surface area contributed by atoms with Crippen LogP contribution in [0.15, 0.2) is 34.1 Å². The second-order valence-corrected chi connectivity index (χ2v) is 7.16. The largest absolute Gasteiger partial charge is 0.492 e. The molecular weight excluding hydrogens is 411 g/mol. The number of alkyl halides is 1. The third-order valence-electron chi connectivity index (χ3n) is 2.59. The van der Waals surface area contributed by atoms with Gasteiger partial charge in [0.05, 0.1) is 20.9 Å². The highest BCUT2D eigenvalue weighted by Crippen LogP contribution is 2.40. The minimum atomic E-state index is 0.108. The molecule has 2 rings (SSSR count). The summed E-state index contributed by atoms with van der Waals surface area (Å²) in [5.74, 6) is 0.877. The molecule has 0 aliphatic rings. The molecule has 0 aliphatic heterocycles. The van der Waals surface area contributed by atoms with E-state index in [2.05, 4.69) is 50.9 Å². The first-order chi connectivity index (χ1) is 9.13. The lowest BCUT2D eigenvalue weighted by atomic mass is 10.1. The molecule has 1 aromatic carbocycles. The second kappa shape index (κ2) is 7.11. The molecule has 2 aromatic rings. The maximum atomic E-state index is 6.17. The van der Waals surface area contributed by atoms with Gasteiger partial charge in [0.15, 0.2) is 0 Å². The predicted octanol–water partition coefficient (Wildman–Crippen LogP) is 6.44. The Labute approximate surface area is 139 Å². The van der Waals surface area contributed by atoms with E-state index < -0.39 is 0 Å². The third-order valence-corrected chi connectivity index (χ3v) is 5.92. The van der Waals surface area contributed by atoms with E-state index in [1.54, 1.807) is 11.3 Å². The van der Waals surface area contributed by atoms with Crippen LogP contribution in [0.1, 0.15) is 28.6 Å². The van der Waals surface area contributed by atoms with E-state index in [1.807, 2.05) is 17.5 Å². The summed E-state index contributed by atoms with van der Waals surface area (Å²) in [6, 6.07) is 8.04. The van der Waals surface area contributed by atoms with Crippen molar-refractivity contribution in [1.82, 2.24) is 0 Å². The smallest absolute Gasteiger partial charge is 0.133 e. The molecule has 102 valence electrons. The van der Waals surface area contributed by atoms with E-state index in [4.69, 9.17) is 16.3 Å². The molecule has 1 atom stereocenters. The van der Waals surface area contributed by atoms with Crippen molar-refractivity contribution in [3.8, 4) is 5.75 Å². The van der Waals surface area contributed by atoms with Gasteiger partial charge in [-0.15, -0.1) is 11.3 Å². The Kier molecular flexibility index (Phi) is 5.75. The molecular formula is C14H13Br2ClOS. The van der Waals surface area contributed by atoms with Gasteiger partial charge in [0.1, 0.15) is 5.75 Å². The fraction of sp³-hybridized carbons (Fsp3) is 0.286. The first-order valence-corrected chi connectivity index (χ1v) is 8.89. The van der Waals surface area contributed by atoms with Gasteiger partial charge in [-0.2, -0.15) is 0 Å². The quantitative estimate of drug-likeness (QED) is 0.502. The van der Waals surface area contributed by atoms with Crippen LogP contribution in [-0.2, 0) is 0 Å². The molecule has 0 saturated carbocycles. The molecule has 0 spiro atoms. The third kappa shape index (κ3) is 3.75. The van der Waals surface area contributed by atoms with Crippen LogP contribution < -0.4 is 4.74 Å². The number of halogens is 3. The van der Waals surface area contributed by atoms with Gasteiger partial charge in [0.25, 0.3) is 0 Å². The molecule has 0 bridgehead atoms. The van der Waals surface area contributed by atoms with Crippen molar-refractivity contribution in [3.63, 3.8) is 0 Å². The van der Waals surface area contributed by atoms with Gasteiger partial charge in [0.2, 0.25) is 0 Å². The summed E-state index contributed by atoms with van der Waals surface area (Å²) < 4.78 is 6.62. The molecule has 1 heterocycles. The molecule has 0 aliphatic carbocycles. The number of hydrogen-bond acceptors (Lipinski definition) is 2. The van der Waals surface area contributed by atoms with Gasteiger partial charge in [-0.1, -0.05) is 40.5 Å². The molecule has 1 nitrogen and oxygen atoms in total. The number of rotatable bonds is 5. The Hall–Kier alpha value is -0.0300. The first kappa shape index (κ1) is 15.4. The van der Waals surface area contributed by atoms with Crippen molar-refractivity contribution in [2.45, 2.75) is 18.2 Å². The molecule has 0 saturated heterocycles. The van der Waals surface area contributed by atoms with Gasteiger partial charge < -0.3 is 4.74 Å². The number of benzene rings is 1. The summed E-state index contributed by atoms with van der Waals surface area (Å²) in [6.45, 7) is 2.82. The van der Waals surface area contributed by atoms with Crippen molar-refractivity contribution in [1.29, 1.82) is 0 Å². The van der Waals surface area contributed by atoms with Gasteiger partial charge in [-0.05, 0) is 51.5 Å². The Balaban J connectivity index is 2.22. The number of hydrogen-bond donors (Lipinski definition) is 0. The molecule has 0 fully saturated rings. The predicted molar refractivity (Wildman–Crippen MR) is 90.0 cm³/mol. The first-order valence-electron chi connectivity index (χ1n) is 5.92. The fourth-order valence-corrected chi connectivity index (χ4v) is 4.31. The average Bonchev–Trinajstić information content (AvgIpc) is 2.82. The molecule has 1 aromatic heterocycles. The van der Waals surface area contributed by atoms with Crippen LogP contribution in [0.2, 0.25) is 5.02 Å². The Morgan fingerprint density at radius 2 is 2.16 bits per heavy atom. The minimum absolute atomic E-state index is 0.108. The van der Waals surface area contributed by atoms with Crippen LogP contribution in [-0.4, -0.2) is 6.61 Å². The molecule has 0 N–H and O–H groups in total. The van der Waals surface area contributed by atoms with E-state index >= 15 is 0 Å². The minimum Gasteiger partial charge on any atom is -0.492 e. The Bertz CT molecular complexity index is 556. The van der Waals surface area contributed by atoms with Crippen molar-refractivity contribution >= 4 is 54.8 Å². The van der Waals surface area contributed by atoms with Crippen molar-refractivity contribution in [3.05, 3.63) is 49.6 Å². The Morgan fingerprint density at radius 1 is 1.37 bits per heavy atom. The lowest BCUT2D eigenvalue weighted by Gasteiger charge is -2.12. The SMILES string of the molecule is CCCOc1ccc(C(Br)c2sccc2Cl)cc1Br. The van der Waals surface area contributed by atoms with Crippen LogP contribution in [0.3, 0.4) is 0 Å². The summed E-state index contributed by atoms with van der Waals surface area (Å²) in [7, 11) is 0. The highest BCUT2D eigenvalue weighted by Gasteiger charge is 2.16. The lowest BCUT2D eigenvalue weighted by molar-refractivity contribution is 0.315. The fourth-order valence-electron chi connectivity index (χ4n) is 1.64. The highest BCUT2D eigenvalue weighted by molar-refractivity contribution is 9.10. The number of ether oxygens (including phenoxy) is 1. The second-order valence-electron chi connectivity index (χ2n) is 4.03. The van der Waals surface area contributed by atoms with Crippen molar-refractivity contribution in [2.24, 2.45) is 0 Å². The van der Waals surface area contributed by atoms with Gasteiger partial charge in [0, 0.05) is 4.88 Å². The van der Waals surface area contributed by atoms with Crippen LogP contribution in [0.4, 0.5) is 0 Å². The maximum absolute atomic E-state index is 6.17. The average molecular weight is 425 g/mol. The summed E-state index contributed by atoms with van der Waals surface area (Å²) in [5.41, 5.74) is 1.15. The zero-order valence-corrected chi connectivity index (χ0v) is 15.1. The van der Waals surface area contributed by atoms with E-state index in [9.17, 15) is 0 Å². The normalized spacial score (nSPS) is 12.4. The van der Waals surface area contributed by atoms with Crippen LogP contribution in [0.5, 0.6) is 5.75 Å². The summed E-state index contributed by atoms with van der Waals surface area (Å²) >= 11 is 15.1. The molecule has 19 heavy (non-hydrogen) atoms. The van der Waals surface area contributed by atoms with Gasteiger partial charge >= 0.3 is 0 Å². The summed E-state index contributed by atoms with van der Waals surface area (Å²) in [6.07, 6.45) is 1.00. The monoisotopic (exact) mass is 422 g/mol. The van der Waals surface area contributed by atoms with Crippen molar-refractivity contribution in [2.75, 3.05) is 6.61 Å². The van der Waals surface area contributed by atoms with E-state index in [-0.39, 0.29) is 4.83 Å². The van der Waals surface area contributed by atoms with E-state index in [0.717, 1.165) is 38.7 Å². The molecule has 1 unspecified atom stereocenters. The topological polar surface area (TPSA) is 9.23 Å².